The molecule has 0 bridgehead atoms. The Kier molecular flexibility index (Phi) is 8.19. The lowest BCUT2D eigenvalue weighted by atomic mass is 10.0. The molecule has 37 heavy (non-hydrogen) atoms. The largest absolute Gasteiger partial charge is 0.377 e. The fraction of sp³-hybridized carbons (Fsp3) is 0.370. The Balaban J connectivity index is 1.20. The minimum atomic E-state index is -0.291. The van der Waals surface area contributed by atoms with E-state index < -0.39 is 0 Å². The van der Waals surface area contributed by atoms with E-state index in [1.807, 2.05) is 29.2 Å². The number of ether oxygens (including phenoxy) is 1. The zero-order chi connectivity index (χ0) is 25.5. The zero-order valence-corrected chi connectivity index (χ0v) is 20.8. The first-order valence-electron chi connectivity index (χ1n) is 12.7. The first-order valence-corrected chi connectivity index (χ1v) is 12.7. The van der Waals surface area contributed by atoms with E-state index in [0.717, 1.165) is 62.0 Å². The van der Waals surface area contributed by atoms with Crippen molar-refractivity contribution in [2.45, 2.75) is 6.04 Å². The van der Waals surface area contributed by atoms with Crippen LogP contribution in [0.4, 0.5) is 10.2 Å². The normalized spacial score (nSPS) is 18.8. The molecule has 1 atom stereocenters. The molecule has 1 aromatic carbocycles. The van der Waals surface area contributed by atoms with Gasteiger partial charge in [0, 0.05) is 45.8 Å². The Labute approximate surface area is 216 Å². The molecule has 2 aliphatic heterocycles. The quantitative estimate of drug-likeness (QED) is 0.276. The molecule has 194 valence electrons. The zero-order valence-electron chi connectivity index (χ0n) is 20.8. The van der Waals surface area contributed by atoms with Crippen LogP contribution in [0.15, 0.2) is 54.7 Å². The number of benzene rings is 1. The van der Waals surface area contributed by atoms with Gasteiger partial charge in [0.25, 0.3) is 0 Å². The SMILES string of the molecule is N=C(/C=C\c1ncc(-c2cccc(NCCN3CCNCC3)n2)[nH]1)N1CCOCC1c1cccc(F)c1. The molecular formula is C27H33FN8O. The number of hydrogen-bond acceptors (Lipinski definition) is 7. The van der Waals surface area contributed by atoms with E-state index in [9.17, 15) is 4.39 Å². The molecule has 3 aromatic rings. The molecule has 2 fully saturated rings. The summed E-state index contributed by atoms with van der Waals surface area (Å²) in [5.41, 5.74) is 2.40. The third-order valence-electron chi connectivity index (χ3n) is 6.63. The predicted octanol–water partition coefficient (Wildman–Crippen LogP) is 2.99. The van der Waals surface area contributed by atoms with Crippen molar-refractivity contribution in [2.75, 3.05) is 64.3 Å². The van der Waals surface area contributed by atoms with Crippen molar-refractivity contribution in [1.82, 2.24) is 30.1 Å². The molecule has 2 aromatic heterocycles. The van der Waals surface area contributed by atoms with Crippen molar-refractivity contribution in [3.63, 3.8) is 0 Å². The van der Waals surface area contributed by atoms with Crippen LogP contribution in [0, 0.1) is 11.2 Å². The average Bonchev–Trinajstić information content (AvgIpc) is 3.42. The first-order chi connectivity index (χ1) is 18.2. The van der Waals surface area contributed by atoms with E-state index in [2.05, 4.69) is 25.5 Å². The smallest absolute Gasteiger partial charge is 0.130 e. The minimum Gasteiger partial charge on any atom is -0.377 e. The summed E-state index contributed by atoms with van der Waals surface area (Å²) in [5.74, 6) is 1.50. The van der Waals surface area contributed by atoms with Crippen LogP contribution >= 0.6 is 0 Å². The molecule has 0 radical (unpaired) electrons. The van der Waals surface area contributed by atoms with E-state index in [1.165, 1.54) is 12.1 Å². The molecule has 2 saturated heterocycles. The fourth-order valence-electron chi connectivity index (χ4n) is 4.65. The summed E-state index contributed by atoms with van der Waals surface area (Å²) in [7, 11) is 0. The second kappa shape index (κ2) is 12.1. The summed E-state index contributed by atoms with van der Waals surface area (Å²) in [6.07, 6.45) is 5.24. The van der Waals surface area contributed by atoms with Gasteiger partial charge >= 0.3 is 0 Å². The van der Waals surface area contributed by atoms with Gasteiger partial charge in [-0.1, -0.05) is 18.2 Å². The Hall–Kier alpha value is -3.60. The van der Waals surface area contributed by atoms with E-state index in [-0.39, 0.29) is 11.9 Å². The number of aromatic nitrogens is 3. The summed E-state index contributed by atoms with van der Waals surface area (Å²) >= 11 is 0. The van der Waals surface area contributed by atoms with Crippen LogP contribution in [-0.2, 0) is 4.74 Å². The van der Waals surface area contributed by atoms with Gasteiger partial charge in [0.05, 0.1) is 36.8 Å². The van der Waals surface area contributed by atoms with Crippen molar-refractivity contribution < 1.29 is 9.13 Å². The van der Waals surface area contributed by atoms with Gasteiger partial charge < -0.3 is 25.3 Å². The molecule has 1 unspecified atom stereocenters. The van der Waals surface area contributed by atoms with Crippen LogP contribution in [-0.4, -0.2) is 89.6 Å². The highest BCUT2D eigenvalue weighted by atomic mass is 19.1. The number of nitrogens with zero attached hydrogens (tertiary/aromatic N) is 4. The number of H-pyrrole nitrogens is 1. The fourth-order valence-corrected chi connectivity index (χ4v) is 4.65. The number of anilines is 1. The van der Waals surface area contributed by atoms with Gasteiger partial charge in [-0.2, -0.15) is 0 Å². The Morgan fingerprint density at radius 3 is 2.92 bits per heavy atom. The van der Waals surface area contributed by atoms with Gasteiger partial charge in [0.2, 0.25) is 0 Å². The van der Waals surface area contributed by atoms with Crippen molar-refractivity contribution in [3.8, 4) is 11.4 Å². The number of imidazole rings is 1. The maximum atomic E-state index is 13.8. The Morgan fingerprint density at radius 2 is 2.05 bits per heavy atom. The maximum Gasteiger partial charge on any atom is 0.130 e. The summed E-state index contributed by atoms with van der Waals surface area (Å²) < 4.78 is 19.4. The lowest BCUT2D eigenvalue weighted by Gasteiger charge is -2.36. The summed E-state index contributed by atoms with van der Waals surface area (Å²) in [4.78, 5) is 16.8. The van der Waals surface area contributed by atoms with Crippen LogP contribution in [0.3, 0.4) is 0 Å². The molecule has 5 rings (SSSR count). The van der Waals surface area contributed by atoms with E-state index in [4.69, 9.17) is 15.1 Å². The van der Waals surface area contributed by atoms with Gasteiger partial charge in [0.1, 0.15) is 23.3 Å². The van der Waals surface area contributed by atoms with Crippen LogP contribution in [0.1, 0.15) is 17.4 Å². The maximum absolute atomic E-state index is 13.8. The monoisotopic (exact) mass is 504 g/mol. The lowest BCUT2D eigenvalue weighted by Crippen LogP contribution is -2.45. The number of halogens is 1. The van der Waals surface area contributed by atoms with Gasteiger partial charge in [-0.05, 0) is 42.0 Å². The number of pyridine rings is 1. The molecule has 0 aliphatic carbocycles. The van der Waals surface area contributed by atoms with Crippen molar-refractivity contribution in [1.29, 1.82) is 5.41 Å². The Bertz CT molecular complexity index is 1220. The topological polar surface area (TPSA) is 105 Å². The molecule has 0 saturated carbocycles. The number of piperazine rings is 1. The second-order valence-electron chi connectivity index (χ2n) is 9.17. The number of aromatic amines is 1. The summed E-state index contributed by atoms with van der Waals surface area (Å²) in [6, 6.07) is 12.2. The van der Waals surface area contributed by atoms with Crippen LogP contribution in [0.2, 0.25) is 0 Å². The van der Waals surface area contributed by atoms with Gasteiger partial charge in [-0.15, -0.1) is 0 Å². The standard InChI is InChI=1S/C27H33FN8O/c28-21-4-1-3-20(17-21)24-19-37-16-15-36(24)25(29)7-8-27-32-18-23(34-27)22-5-2-6-26(33-22)31-11-14-35-12-9-30-10-13-35/h1-8,17-18,24,29-30H,9-16,19H2,(H,31,33)(H,32,34)/b8-7-,29-25?. The van der Waals surface area contributed by atoms with Crippen molar-refractivity contribution in [2.24, 2.45) is 0 Å². The summed E-state index contributed by atoms with van der Waals surface area (Å²) in [6.45, 7) is 7.57. The molecular weight excluding hydrogens is 471 g/mol. The van der Waals surface area contributed by atoms with Crippen LogP contribution in [0.25, 0.3) is 17.5 Å². The number of hydrogen-bond donors (Lipinski definition) is 4. The lowest BCUT2D eigenvalue weighted by molar-refractivity contribution is 0.0258. The van der Waals surface area contributed by atoms with Crippen molar-refractivity contribution >= 4 is 17.7 Å². The number of morpholine rings is 1. The molecule has 10 heteroatoms. The highest BCUT2D eigenvalue weighted by Gasteiger charge is 2.26. The predicted molar refractivity (Wildman–Crippen MR) is 143 cm³/mol. The third-order valence-corrected chi connectivity index (χ3v) is 6.63. The molecule has 0 spiro atoms. The van der Waals surface area contributed by atoms with Gasteiger partial charge in [0.15, 0.2) is 0 Å². The summed E-state index contributed by atoms with van der Waals surface area (Å²) in [5, 5.41) is 15.4. The second-order valence-corrected chi connectivity index (χ2v) is 9.17. The van der Waals surface area contributed by atoms with E-state index >= 15 is 0 Å². The number of nitrogens with one attached hydrogen (secondary N) is 4. The van der Waals surface area contributed by atoms with Gasteiger partial charge in [-0.3, -0.25) is 10.3 Å². The van der Waals surface area contributed by atoms with Crippen LogP contribution < -0.4 is 10.6 Å². The third kappa shape index (κ3) is 6.59. The van der Waals surface area contributed by atoms with Crippen LogP contribution in [0.5, 0.6) is 0 Å². The molecule has 4 heterocycles. The molecule has 2 aliphatic rings. The molecule has 9 nitrogen and oxygen atoms in total. The highest BCUT2D eigenvalue weighted by molar-refractivity contribution is 5.94. The number of amidine groups is 1. The molecule has 4 N–H and O–H groups in total. The molecule has 0 amide bonds. The average molecular weight is 505 g/mol. The highest BCUT2D eigenvalue weighted by Crippen LogP contribution is 2.25. The van der Waals surface area contributed by atoms with E-state index in [0.29, 0.717) is 31.4 Å². The van der Waals surface area contributed by atoms with Crippen molar-refractivity contribution in [3.05, 3.63) is 71.9 Å². The van der Waals surface area contributed by atoms with E-state index in [1.54, 1.807) is 24.4 Å². The Morgan fingerprint density at radius 1 is 1.19 bits per heavy atom. The number of rotatable bonds is 8. The van der Waals surface area contributed by atoms with Gasteiger partial charge in [-0.25, -0.2) is 14.4 Å². The first kappa shape index (κ1) is 25.1. The minimum absolute atomic E-state index is 0.209.